The van der Waals surface area contributed by atoms with Gasteiger partial charge in [-0.25, -0.2) is 4.79 Å². The normalized spacial score (nSPS) is 13.7. The van der Waals surface area contributed by atoms with Crippen LogP contribution in [-0.2, 0) is 17.9 Å². The first-order valence-electron chi connectivity index (χ1n) is 8.95. The molecule has 0 aliphatic carbocycles. The maximum atomic E-state index is 12.7. The molecule has 1 amide bonds. The van der Waals surface area contributed by atoms with Gasteiger partial charge in [0, 0.05) is 6.54 Å². The van der Waals surface area contributed by atoms with E-state index < -0.39 is 0 Å². The summed E-state index contributed by atoms with van der Waals surface area (Å²) in [6.45, 7) is 4.56. The molecular formula is C20H21N3O4. The van der Waals surface area contributed by atoms with Gasteiger partial charge in [-0.2, -0.15) is 0 Å². The first-order chi connectivity index (χ1) is 13.1. The lowest BCUT2D eigenvalue weighted by molar-refractivity contribution is -0.122. The van der Waals surface area contributed by atoms with Crippen LogP contribution in [0, 0.1) is 0 Å². The molecule has 1 aliphatic heterocycles. The summed E-state index contributed by atoms with van der Waals surface area (Å²) in [6, 6.07) is 12.9. The fourth-order valence-electron chi connectivity index (χ4n) is 3.43. The van der Waals surface area contributed by atoms with Crippen molar-refractivity contribution in [3.63, 3.8) is 0 Å². The Bertz CT molecular complexity index is 1070. The van der Waals surface area contributed by atoms with E-state index in [1.165, 1.54) is 4.57 Å². The monoisotopic (exact) mass is 367 g/mol. The highest BCUT2D eigenvalue weighted by atomic mass is 16.7. The Morgan fingerprint density at radius 1 is 1.11 bits per heavy atom. The largest absolute Gasteiger partial charge is 0.454 e. The van der Waals surface area contributed by atoms with Gasteiger partial charge in [-0.05, 0) is 43.7 Å². The minimum atomic E-state index is -0.221. The average Bonchev–Trinajstić information content (AvgIpc) is 3.24. The van der Waals surface area contributed by atoms with E-state index in [4.69, 9.17) is 9.47 Å². The van der Waals surface area contributed by atoms with Crippen LogP contribution in [0.1, 0.15) is 25.5 Å². The first-order valence-corrected chi connectivity index (χ1v) is 8.95. The van der Waals surface area contributed by atoms with Crippen molar-refractivity contribution >= 4 is 16.9 Å². The molecule has 27 heavy (non-hydrogen) atoms. The number of amides is 1. The highest BCUT2D eigenvalue weighted by molar-refractivity contribution is 5.81. The lowest BCUT2D eigenvalue weighted by atomic mass is 10.1. The van der Waals surface area contributed by atoms with Gasteiger partial charge >= 0.3 is 5.69 Å². The van der Waals surface area contributed by atoms with Crippen LogP contribution in [-0.4, -0.2) is 21.8 Å². The SMILES string of the molecule is CCn1c(=O)n(CC(=O)NC(C)c2ccc3c(c2)OCO3)c2ccccc21. The minimum absolute atomic E-state index is 0.0265. The quantitative estimate of drug-likeness (QED) is 0.752. The second-order valence-corrected chi connectivity index (χ2v) is 6.50. The van der Waals surface area contributed by atoms with Crippen molar-refractivity contribution in [3.05, 3.63) is 58.5 Å². The molecule has 2 heterocycles. The summed E-state index contributed by atoms with van der Waals surface area (Å²) in [7, 11) is 0. The Morgan fingerprint density at radius 3 is 2.56 bits per heavy atom. The number of hydrogen-bond donors (Lipinski definition) is 1. The molecule has 0 spiro atoms. The molecule has 2 aromatic carbocycles. The number of benzene rings is 2. The van der Waals surface area contributed by atoms with E-state index in [1.54, 1.807) is 4.57 Å². The van der Waals surface area contributed by atoms with Gasteiger partial charge in [0.15, 0.2) is 11.5 Å². The fourth-order valence-corrected chi connectivity index (χ4v) is 3.43. The number of hydrogen-bond acceptors (Lipinski definition) is 4. The predicted octanol–water partition coefficient (Wildman–Crippen LogP) is 2.43. The molecule has 7 nitrogen and oxygen atoms in total. The van der Waals surface area contributed by atoms with Crippen LogP contribution < -0.4 is 20.5 Å². The van der Waals surface area contributed by atoms with Crippen LogP contribution >= 0.6 is 0 Å². The van der Waals surface area contributed by atoms with Crippen molar-refractivity contribution < 1.29 is 14.3 Å². The number of aromatic nitrogens is 2. The third-order valence-electron chi connectivity index (χ3n) is 4.82. The summed E-state index contributed by atoms with van der Waals surface area (Å²) in [5.74, 6) is 1.16. The summed E-state index contributed by atoms with van der Waals surface area (Å²) in [4.78, 5) is 25.2. The highest BCUT2D eigenvalue weighted by Gasteiger charge is 2.18. The second-order valence-electron chi connectivity index (χ2n) is 6.50. The molecule has 1 aromatic heterocycles. The minimum Gasteiger partial charge on any atom is -0.454 e. The second kappa shape index (κ2) is 6.83. The summed E-state index contributed by atoms with van der Waals surface area (Å²) < 4.78 is 13.9. The van der Waals surface area contributed by atoms with Crippen molar-refractivity contribution in [1.29, 1.82) is 0 Å². The van der Waals surface area contributed by atoms with Crippen molar-refractivity contribution in [2.75, 3.05) is 6.79 Å². The smallest absolute Gasteiger partial charge is 0.329 e. The van der Waals surface area contributed by atoms with Crippen molar-refractivity contribution in [2.45, 2.75) is 33.0 Å². The molecule has 0 bridgehead atoms. The van der Waals surface area contributed by atoms with Gasteiger partial charge in [-0.15, -0.1) is 0 Å². The number of para-hydroxylation sites is 2. The third kappa shape index (κ3) is 3.05. The summed E-state index contributed by atoms with van der Waals surface area (Å²) in [6.07, 6.45) is 0. The van der Waals surface area contributed by atoms with Crippen molar-refractivity contribution in [3.8, 4) is 11.5 Å². The van der Waals surface area contributed by atoms with E-state index in [-0.39, 0.29) is 31.0 Å². The summed E-state index contributed by atoms with van der Waals surface area (Å²) in [5.41, 5.74) is 2.33. The number of nitrogens with zero attached hydrogens (tertiary/aromatic N) is 2. The van der Waals surface area contributed by atoms with E-state index >= 15 is 0 Å². The molecule has 3 aromatic rings. The number of fused-ring (bicyclic) bond motifs is 2. The Hall–Kier alpha value is -3.22. The fraction of sp³-hybridized carbons (Fsp3) is 0.300. The standard InChI is InChI=1S/C20H21N3O4/c1-3-22-15-6-4-5-7-16(15)23(20(22)25)11-19(24)21-13(2)14-8-9-17-18(10-14)27-12-26-17/h4-10,13H,3,11-12H2,1-2H3,(H,21,24). The Kier molecular flexibility index (Phi) is 4.35. The zero-order chi connectivity index (χ0) is 19.0. The van der Waals surface area contributed by atoms with Crippen LogP contribution in [0.3, 0.4) is 0 Å². The maximum Gasteiger partial charge on any atom is 0.329 e. The first kappa shape index (κ1) is 17.2. The molecule has 7 heteroatoms. The molecule has 0 fully saturated rings. The number of nitrogens with one attached hydrogen (secondary N) is 1. The molecule has 1 unspecified atom stereocenters. The van der Waals surface area contributed by atoms with Crippen LogP contribution in [0.15, 0.2) is 47.3 Å². The van der Waals surface area contributed by atoms with Crippen LogP contribution in [0.2, 0.25) is 0 Å². The van der Waals surface area contributed by atoms with Crippen LogP contribution in [0.4, 0.5) is 0 Å². The molecule has 1 aliphatic rings. The predicted molar refractivity (Wildman–Crippen MR) is 101 cm³/mol. The average molecular weight is 367 g/mol. The molecule has 140 valence electrons. The van der Waals surface area contributed by atoms with Gasteiger partial charge in [0.1, 0.15) is 6.54 Å². The van der Waals surface area contributed by atoms with E-state index in [2.05, 4.69) is 5.32 Å². The Labute approximate surface area is 156 Å². The molecular weight excluding hydrogens is 346 g/mol. The van der Waals surface area contributed by atoms with E-state index in [1.807, 2.05) is 56.3 Å². The summed E-state index contributed by atoms with van der Waals surface area (Å²) >= 11 is 0. The Morgan fingerprint density at radius 2 is 1.81 bits per heavy atom. The molecule has 0 saturated carbocycles. The van der Waals surface area contributed by atoms with Gasteiger partial charge in [-0.3, -0.25) is 13.9 Å². The molecule has 1 atom stereocenters. The third-order valence-corrected chi connectivity index (χ3v) is 4.82. The highest BCUT2D eigenvalue weighted by Crippen LogP contribution is 2.34. The van der Waals surface area contributed by atoms with Gasteiger partial charge in [0.2, 0.25) is 12.7 Å². The van der Waals surface area contributed by atoms with Gasteiger partial charge in [0.25, 0.3) is 0 Å². The number of imidazole rings is 1. The maximum absolute atomic E-state index is 12.7. The number of rotatable bonds is 5. The number of ether oxygens (including phenoxy) is 2. The zero-order valence-electron chi connectivity index (χ0n) is 15.3. The van der Waals surface area contributed by atoms with E-state index in [0.717, 1.165) is 16.6 Å². The van der Waals surface area contributed by atoms with Gasteiger partial charge < -0.3 is 14.8 Å². The topological polar surface area (TPSA) is 74.5 Å². The summed E-state index contributed by atoms with van der Waals surface area (Å²) in [5, 5.41) is 2.95. The number of carbonyl (C=O) groups excluding carboxylic acids is 1. The molecule has 0 radical (unpaired) electrons. The molecule has 4 rings (SSSR count). The van der Waals surface area contributed by atoms with Crippen LogP contribution in [0.25, 0.3) is 11.0 Å². The van der Waals surface area contributed by atoms with Crippen LogP contribution in [0.5, 0.6) is 11.5 Å². The van der Waals surface area contributed by atoms with Gasteiger partial charge in [0.05, 0.1) is 17.1 Å². The van der Waals surface area contributed by atoms with E-state index in [9.17, 15) is 9.59 Å². The number of aryl methyl sites for hydroxylation is 1. The zero-order valence-corrected chi connectivity index (χ0v) is 15.3. The molecule has 0 saturated heterocycles. The van der Waals surface area contributed by atoms with E-state index in [0.29, 0.717) is 18.0 Å². The lowest BCUT2D eigenvalue weighted by Crippen LogP contribution is -2.34. The van der Waals surface area contributed by atoms with Crippen molar-refractivity contribution in [1.82, 2.24) is 14.5 Å². The number of carbonyl (C=O) groups is 1. The lowest BCUT2D eigenvalue weighted by Gasteiger charge is -2.15. The van der Waals surface area contributed by atoms with Crippen molar-refractivity contribution in [2.24, 2.45) is 0 Å². The Balaban J connectivity index is 1.54. The van der Waals surface area contributed by atoms with Gasteiger partial charge in [-0.1, -0.05) is 18.2 Å². The molecule has 1 N–H and O–H groups in total.